The highest BCUT2D eigenvalue weighted by atomic mass is 35.5. The third-order valence-corrected chi connectivity index (χ3v) is 6.81. The van der Waals surface area contributed by atoms with Crippen LogP contribution in [-0.2, 0) is 20.9 Å². The first-order valence-corrected chi connectivity index (χ1v) is 11.8. The molecule has 1 unspecified atom stereocenters. The van der Waals surface area contributed by atoms with Gasteiger partial charge >= 0.3 is 0 Å². The molecule has 3 heterocycles. The van der Waals surface area contributed by atoms with Crippen molar-refractivity contribution < 1.29 is 18.7 Å². The number of nitrogens with zero attached hydrogens (tertiary/aromatic N) is 4. The van der Waals surface area contributed by atoms with Crippen molar-refractivity contribution in [2.45, 2.75) is 39.3 Å². The number of aryl methyl sites for hydroxylation is 1. The smallest absolute Gasteiger partial charge is 0.227 e. The van der Waals surface area contributed by atoms with Crippen molar-refractivity contribution in [3.8, 4) is 11.4 Å². The number of hydrogen-bond acceptors (Lipinski definition) is 4. The van der Waals surface area contributed by atoms with Crippen LogP contribution in [0.5, 0.6) is 0 Å². The first-order valence-electron chi connectivity index (χ1n) is 11.5. The Labute approximate surface area is 214 Å². The minimum atomic E-state index is -0.537. The number of amides is 2. The minimum Gasteiger partial charge on any atom is -0.373 e. The molecule has 186 valence electrons. The molecule has 0 radical (unpaired) electrons. The summed E-state index contributed by atoms with van der Waals surface area (Å²) >= 11 is 6.62. The number of ether oxygens (including phenoxy) is 1. The lowest BCUT2D eigenvalue weighted by Crippen LogP contribution is -2.46. The molecular weight excluding hydrogens is 494 g/mol. The van der Waals surface area contributed by atoms with E-state index >= 15 is 4.39 Å². The predicted molar refractivity (Wildman–Crippen MR) is 136 cm³/mol. The molecule has 2 saturated heterocycles. The number of benzene rings is 2. The average Bonchev–Trinajstić information content (AvgIpc) is 3.37. The fraction of sp³-hybridized carbons (Fsp3) is 0.400. The molecule has 0 N–H and O–H groups in total. The molecule has 2 aliphatic heterocycles. The van der Waals surface area contributed by atoms with Gasteiger partial charge in [-0.1, -0.05) is 17.7 Å². The van der Waals surface area contributed by atoms with Gasteiger partial charge in [0.1, 0.15) is 11.6 Å². The third-order valence-electron chi connectivity index (χ3n) is 6.51. The van der Waals surface area contributed by atoms with E-state index in [9.17, 15) is 9.59 Å². The number of halogens is 3. The molecule has 7 nitrogen and oxygen atoms in total. The molecular formula is C25H27Cl2FN4O3. The van der Waals surface area contributed by atoms with Gasteiger partial charge in [0.15, 0.2) is 0 Å². The molecule has 2 aliphatic rings. The fourth-order valence-corrected chi connectivity index (χ4v) is 5.07. The summed E-state index contributed by atoms with van der Waals surface area (Å²) in [7, 11) is 0. The number of carbonyl (C=O) groups is 2. The van der Waals surface area contributed by atoms with Crippen molar-refractivity contribution in [2.24, 2.45) is 0 Å². The van der Waals surface area contributed by atoms with Crippen molar-refractivity contribution in [3.05, 3.63) is 46.7 Å². The van der Waals surface area contributed by atoms with Gasteiger partial charge in [-0.25, -0.2) is 9.37 Å². The second kappa shape index (κ2) is 10.1. The molecule has 10 heteroatoms. The molecule has 0 spiro atoms. The SMILES string of the molecule is CC(=O)N1CCOC(Cn2c(-c3c(F)cc(N4CCCC4=O)cc3Cl)nc3cc(C)ccc32)C1.Cl. The normalized spacial score (nSPS) is 18.3. The second-order valence-electron chi connectivity index (χ2n) is 8.93. The van der Waals surface area contributed by atoms with Gasteiger partial charge in [0.2, 0.25) is 11.8 Å². The van der Waals surface area contributed by atoms with E-state index in [1.165, 1.54) is 6.07 Å². The number of fused-ring (bicyclic) bond motifs is 1. The molecule has 2 amide bonds. The van der Waals surface area contributed by atoms with E-state index in [0.717, 1.165) is 23.0 Å². The average molecular weight is 521 g/mol. The number of carbonyl (C=O) groups excluding carboxylic acids is 2. The number of hydrogen-bond donors (Lipinski definition) is 0. The van der Waals surface area contributed by atoms with Crippen LogP contribution < -0.4 is 4.90 Å². The van der Waals surface area contributed by atoms with Gasteiger partial charge in [0.05, 0.1) is 40.9 Å². The van der Waals surface area contributed by atoms with E-state index in [-0.39, 0.29) is 40.9 Å². The molecule has 2 fully saturated rings. The van der Waals surface area contributed by atoms with Crippen LogP contribution in [0.1, 0.15) is 25.3 Å². The van der Waals surface area contributed by atoms with Crippen LogP contribution >= 0.6 is 24.0 Å². The summed E-state index contributed by atoms with van der Waals surface area (Å²) in [5.41, 5.74) is 3.24. The van der Waals surface area contributed by atoms with Gasteiger partial charge in [-0.15, -0.1) is 12.4 Å². The highest BCUT2D eigenvalue weighted by Crippen LogP contribution is 2.37. The predicted octanol–water partition coefficient (Wildman–Crippen LogP) is 4.60. The summed E-state index contributed by atoms with van der Waals surface area (Å²) in [5, 5.41) is 0.193. The zero-order chi connectivity index (χ0) is 24.0. The number of morpholine rings is 1. The van der Waals surface area contributed by atoms with Crippen molar-refractivity contribution >= 4 is 52.5 Å². The number of imidazole rings is 1. The maximum atomic E-state index is 15.6. The Balaban J connectivity index is 0.00000289. The molecule has 3 aromatic rings. The number of rotatable bonds is 4. The van der Waals surface area contributed by atoms with E-state index in [1.54, 1.807) is 22.8 Å². The quantitative estimate of drug-likeness (QED) is 0.504. The Morgan fingerprint density at radius 2 is 2.06 bits per heavy atom. The third kappa shape index (κ3) is 4.87. The summed E-state index contributed by atoms with van der Waals surface area (Å²) in [6, 6.07) is 8.87. The molecule has 1 aromatic heterocycles. The van der Waals surface area contributed by atoms with Crippen LogP contribution in [0.4, 0.5) is 10.1 Å². The first kappa shape index (κ1) is 25.4. The van der Waals surface area contributed by atoms with E-state index in [1.807, 2.05) is 29.7 Å². The Morgan fingerprint density at radius 3 is 2.74 bits per heavy atom. The van der Waals surface area contributed by atoms with Gasteiger partial charge in [0.25, 0.3) is 0 Å². The molecule has 1 atom stereocenters. The number of aromatic nitrogens is 2. The van der Waals surface area contributed by atoms with E-state index in [2.05, 4.69) is 0 Å². The summed E-state index contributed by atoms with van der Waals surface area (Å²) in [4.78, 5) is 32.1. The van der Waals surface area contributed by atoms with E-state index in [0.29, 0.717) is 50.7 Å². The Kier molecular flexibility index (Phi) is 7.35. The van der Waals surface area contributed by atoms with Crippen molar-refractivity contribution in [1.29, 1.82) is 0 Å². The standard InChI is InChI=1S/C25H26ClFN4O3.ClH/c1-15-5-6-22-21(10-15)28-25(31(22)14-18-13-29(16(2)32)8-9-34-18)24-19(26)11-17(12-20(24)27)30-7-3-4-23(30)33;/h5-6,10-12,18H,3-4,7-9,13-14H2,1-2H3;1H. The van der Waals surface area contributed by atoms with Crippen LogP contribution in [0, 0.1) is 12.7 Å². The fourth-order valence-electron chi connectivity index (χ4n) is 4.79. The largest absolute Gasteiger partial charge is 0.373 e. The van der Waals surface area contributed by atoms with Gasteiger partial charge < -0.3 is 19.1 Å². The minimum absolute atomic E-state index is 0. The van der Waals surface area contributed by atoms with E-state index in [4.69, 9.17) is 21.3 Å². The zero-order valence-electron chi connectivity index (χ0n) is 19.6. The Bertz CT molecular complexity index is 1270. The summed E-state index contributed by atoms with van der Waals surface area (Å²) < 4.78 is 23.4. The Morgan fingerprint density at radius 1 is 1.26 bits per heavy atom. The van der Waals surface area contributed by atoms with E-state index < -0.39 is 5.82 Å². The van der Waals surface area contributed by atoms with Gasteiger partial charge in [-0.3, -0.25) is 9.59 Å². The molecule has 0 saturated carbocycles. The maximum Gasteiger partial charge on any atom is 0.227 e. The monoisotopic (exact) mass is 520 g/mol. The molecule has 0 aliphatic carbocycles. The zero-order valence-corrected chi connectivity index (χ0v) is 21.2. The molecule has 5 rings (SSSR count). The highest BCUT2D eigenvalue weighted by Gasteiger charge is 2.28. The first-order chi connectivity index (χ1) is 16.3. The van der Waals surface area contributed by atoms with Crippen molar-refractivity contribution in [3.63, 3.8) is 0 Å². The Hall–Kier alpha value is -2.68. The van der Waals surface area contributed by atoms with Crippen LogP contribution in [-0.4, -0.2) is 58.6 Å². The molecule has 35 heavy (non-hydrogen) atoms. The lowest BCUT2D eigenvalue weighted by Gasteiger charge is -2.32. The highest BCUT2D eigenvalue weighted by molar-refractivity contribution is 6.33. The summed E-state index contributed by atoms with van der Waals surface area (Å²) in [6.07, 6.45) is 0.932. The maximum absolute atomic E-state index is 15.6. The van der Waals surface area contributed by atoms with Crippen LogP contribution in [0.3, 0.4) is 0 Å². The lowest BCUT2D eigenvalue weighted by atomic mass is 10.1. The van der Waals surface area contributed by atoms with Crippen LogP contribution in [0.25, 0.3) is 22.4 Å². The topological polar surface area (TPSA) is 67.7 Å². The van der Waals surface area contributed by atoms with Gasteiger partial charge in [-0.05, 0) is 43.2 Å². The molecule has 2 aromatic carbocycles. The van der Waals surface area contributed by atoms with Crippen molar-refractivity contribution in [2.75, 3.05) is 31.1 Å². The van der Waals surface area contributed by atoms with Crippen LogP contribution in [0.15, 0.2) is 30.3 Å². The molecule has 0 bridgehead atoms. The lowest BCUT2D eigenvalue weighted by molar-refractivity contribution is -0.136. The summed E-state index contributed by atoms with van der Waals surface area (Å²) in [5.74, 6) is -0.174. The van der Waals surface area contributed by atoms with Crippen LogP contribution in [0.2, 0.25) is 5.02 Å². The van der Waals surface area contributed by atoms with Gasteiger partial charge in [0, 0.05) is 38.7 Å². The summed E-state index contributed by atoms with van der Waals surface area (Å²) in [6.45, 7) is 5.91. The number of anilines is 1. The second-order valence-corrected chi connectivity index (χ2v) is 9.34. The van der Waals surface area contributed by atoms with Crippen molar-refractivity contribution in [1.82, 2.24) is 14.5 Å². The van der Waals surface area contributed by atoms with Gasteiger partial charge in [-0.2, -0.15) is 0 Å².